The van der Waals surface area contributed by atoms with Crippen LogP contribution in [0.2, 0.25) is 0 Å². The van der Waals surface area contributed by atoms with Gasteiger partial charge in [0.05, 0.1) is 17.1 Å². The monoisotopic (exact) mass is 463 g/mol. The summed E-state index contributed by atoms with van der Waals surface area (Å²) in [4.78, 5) is 13.4. The van der Waals surface area contributed by atoms with Crippen LogP contribution >= 0.6 is 0 Å². The average Bonchev–Trinajstić information content (AvgIpc) is 2.78. The van der Waals surface area contributed by atoms with Crippen LogP contribution in [-0.4, -0.2) is 31.3 Å². The maximum atomic E-state index is 13.4. The first-order chi connectivity index (χ1) is 15.6. The Morgan fingerprint density at radius 3 is 2.36 bits per heavy atom. The molecule has 0 aromatic heterocycles. The van der Waals surface area contributed by atoms with Crippen molar-refractivity contribution in [2.24, 2.45) is 0 Å². The third-order valence-corrected chi connectivity index (χ3v) is 6.06. The lowest BCUT2D eigenvalue weighted by atomic mass is 9.72. The Morgan fingerprint density at radius 1 is 1.09 bits per heavy atom. The number of rotatable bonds is 8. The van der Waals surface area contributed by atoms with Gasteiger partial charge in [0.15, 0.2) is 0 Å². The summed E-state index contributed by atoms with van der Waals surface area (Å²) in [6.45, 7) is 6.55. The van der Waals surface area contributed by atoms with Crippen LogP contribution in [0.1, 0.15) is 56.7 Å². The SMILES string of the molecule is CC(CCc1ccc(OC(C)C)cc1)NC(=O)C1(c2cccc(C(F)(F)F)c2)CCOCC1. The summed E-state index contributed by atoms with van der Waals surface area (Å²) in [5, 5.41) is 3.05. The van der Waals surface area contributed by atoms with Crippen molar-refractivity contribution in [1.29, 1.82) is 0 Å². The third-order valence-electron chi connectivity index (χ3n) is 6.06. The minimum absolute atomic E-state index is 0.111. The van der Waals surface area contributed by atoms with Gasteiger partial charge >= 0.3 is 6.18 Å². The molecule has 1 unspecified atom stereocenters. The topological polar surface area (TPSA) is 47.6 Å². The molecule has 1 amide bonds. The summed E-state index contributed by atoms with van der Waals surface area (Å²) < 4.78 is 50.9. The van der Waals surface area contributed by atoms with Crippen LogP contribution in [0, 0.1) is 0 Å². The molecule has 33 heavy (non-hydrogen) atoms. The Labute approximate surface area is 193 Å². The van der Waals surface area contributed by atoms with Crippen molar-refractivity contribution in [3.05, 3.63) is 65.2 Å². The van der Waals surface area contributed by atoms with Crippen molar-refractivity contribution in [2.75, 3.05) is 13.2 Å². The van der Waals surface area contributed by atoms with Crippen molar-refractivity contribution in [3.8, 4) is 5.75 Å². The van der Waals surface area contributed by atoms with E-state index in [9.17, 15) is 18.0 Å². The second kappa shape index (κ2) is 10.6. The second-order valence-corrected chi connectivity index (χ2v) is 9.00. The number of ether oxygens (including phenoxy) is 2. The van der Waals surface area contributed by atoms with Crippen LogP contribution in [0.3, 0.4) is 0 Å². The summed E-state index contributed by atoms with van der Waals surface area (Å²) in [5.41, 5.74) is -0.239. The highest BCUT2D eigenvalue weighted by atomic mass is 19.4. The van der Waals surface area contributed by atoms with E-state index in [1.54, 1.807) is 6.07 Å². The first-order valence-corrected chi connectivity index (χ1v) is 11.4. The van der Waals surface area contributed by atoms with E-state index < -0.39 is 17.2 Å². The van der Waals surface area contributed by atoms with Gasteiger partial charge in [0.1, 0.15) is 5.75 Å². The molecular formula is C26H32F3NO3. The number of benzene rings is 2. The van der Waals surface area contributed by atoms with Gasteiger partial charge in [-0.2, -0.15) is 13.2 Å². The fourth-order valence-corrected chi connectivity index (χ4v) is 4.18. The number of carbonyl (C=O) groups is 1. The number of aryl methyl sites for hydroxylation is 1. The summed E-state index contributed by atoms with van der Waals surface area (Å²) >= 11 is 0. The molecule has 1 aliphatic heterocycles. The molecule has 0 bridgehead atoms. The predicted molar refractivity (Wildman–Crippen MR) is 121 cm³/mol. The first-order valence-electron chi connectivity index (χ1n) is 11.4. The van der Waals surface area contributed by atoms with E-state index in [1.807, 2.05) is 45.0 Å². The highest BCUT2D eigenvalue weighted by Crippen LogP contribution is 2.38. The van der Waals surface area contributed by atoms with Gasteiger partial charge in [0.2, 0.25) is 5.91 Å². The number of halogens is 3. The quantitative estimate of drug-likeness (QED) is 0.548. The van der Waals surface area contributed by atoms with Crippen molar-refractivity contribution in [1.82, 2.24) is 5.32 Å². The number of carbonyl (C=O) groups excluding carboxylic acids is 1. The molecule has 3 rings (SSSR count). The lowest BCUT2D eigenvalue weighted by Gasteiger charge is -2.37. The maximum Gasteiger partial charge on any atom is 0.416 e. The van der Waals surface area contributed by atoms with Crippen LogP contribution in [0.4, 0.5) is 13.2 Å². The standard InChI is InChI=1S/C26H32F3NO3/c1-18(2)33-23-11-9-20(10-12-23)8-7-19(3)30-24(31)25(13-15-32-16-14-25)21-5-4-6-22(17-21)26(27,28)29/h4-6,9-12,17-19H,7-8,13-16H2,1-3H3,(H,30,31). The molecule has 4 nitrogen and oxygen atoms in total. The summed E-state index contributed by atoms with van der Waals surface area (Å²) in [6.07, 6.45) is -2.16. The Morgan fingerprint density at radius 2 is 1.76 bits per heavy atom. The molecule has 180 valence electrons. The molecule has 7 heteroatoms. The fraction of sp³-hybridized carbons (Fsp3) is 0.500. The Hall–Kier alpha value is -2.54. The molecule has 0 radical (unpaired) electrons. The largest absolute Gasteiger partial charge is 0.491 e. The summed E-state index contributed by atoms with van der Waals surface area (Å²) in [7, 11) is 0. The zero-order valence-corrected chi connectivity index (χ0v) is 19.4. The molecule has 2 aromatic carbocycles. The van der Waals surface area contributed by atoms with Gasteiger partial charge in [-0.05, 0) is 75.8 Å². The predicted octanol–water partition coefficient (Wildman–Crippen LogP) is 5.68. The van der Waals surface area contributed by atoms with E-state index in [1.165, 1.54) is 6.07 Å². The maximum absolute atomic E-state index is 13.4. The van der Waals surface area contributed by atoms with Gasteiger partial charge in [-0.15, -0.1) is 0 Å². The van der Waals surface area contributed by atoms with E-state index in [-0.39, 0.29) is 18.1 Å². The zero-order valence-electron chi connectivity index (χ0n) is 19.4. The lowest BCUT2D eigenvalue weighted by molar-refractivity contribution is -0.138. The first kappa shape index (κ1) is 25.1. The average molecular weight is 464 g/mol. The van der Waals surface area contributed by atoms with E-state index in [2.05, 4.69) is 5.32 Å². The summed E-state index contributed by atoms with van der Waals surface area (Å²) in [6, 6.07) is 12.9. The molecule has 2 aromatic rings. The number of nitrogens with one attached hydrogen (secondary N) is 1. The number of alkyl halides is 3. The Kier molecular flexibility index (Phi) is 8.05. The molecule has 0 aliphatic carbocycles. The van der Waals surface area contributed by atoms with Gasteiger partial charge in [-0.3, -0.25) is 4.79 Å². The number of hydrogen-bond donors (Lipinski definition) is 1. The van der Waals surface area contributed by atoms with E-state index in [0.29, 0.717) is 38.0 Å². The Bertz CT molecular complexity index is 919. The minimum atomic E-state index is -4.46. The smallest absolute Gasteiger partial charge is 0.416 e. The molecule has 1 saturated heterocycles. The Balaban J connectivity index is 1.68. The number of hydrogen-bond acceptors (Lipinski definition) is 3. The van der Waals surface area contributed by atoms with Crippen molar-refractivity contribution in [2.45, 2.75) is 70.2 Å². The minimum Gasteiger partial charge on any atom is -0.491 e. The normalized spacial score (nSPS) is 16.9. The fourth-order valence-electron chi connectivity index (χ4n) is 4.18. The molecule has 0 spiro atoms. The van der Waals surface area contributed by atoms with E-state index in [0.717, 1.165) is 29.9 Å². The van der Waals surface area contributed by atoms with E-state index >= 15 is 0 Å². The van der Waals surface area contributed by atoms with Crippen LogP contribution in [0.5, 0.6) is 5.75 Å². The van der Waals surface area contributed by atoms with Crippen LogP contribution in [-0.2, 0) is 27.5 Å². The second-order valence-electron chi connectivity index (χ2n) is 9.00. The van der Waals surface area contributed by atoms with Crippen LogP contribution in [0.25, 0.3) is 0 Å². The van der Waals surface area contributed by atoms with Gasteiger partial charge in [-0.25, -0.2) is 0 Å². The molecule has 1 fully saturated rings. The van der Waals surface area contributed by atoms with Gasteiger partial charge in [-0.1, -0.05) is 30.3 Å². The van der Waals surface area contributed by atoms with E-state index in [4.69, 9.17) is 9.47 Å². The molecule has 0 saturated carbocycles. The summed E-state index contributed by atoms with van der Waals surface area (Å²) in [5.74, 6) is 0.580. The van der Waals surface area contributed by atoms with Gasteiger partial charge in [0, 0.05) is 19.3 Å². The van der Waals surface area contributed by atoms with Gasteiger partial charge < -0.3 is 14.8 Å². The zero-order chi connectivity index (χ0) is 24.1. The third kappa shape index (κ3) is 6.50. The van der Waals surface area contributed by atoms with Gasteiger partial charge in [0.25, 0.3) is 0 Å². The van der Waals surface area contributed by atoms with Crippen molar-refractivity contribution < 1.29 is 27.4 Å². The molecule has 1 atom stereocenters. The van der Waals surface area contributed by atoms with Crippen LogP contribution < -0.4 is 10.1 Å². The molecular weight excluding hydrogens is 431 g/mol. The highest BCUT2D eigenvalue weighted by molar-refractivity contribution is 5.88. The van der Waals surface area contributed by atoms with Crippen molar-refractivity contribution in [3.63, 3.8) is 0 Å². The molecule has 1 aliphatic rings. The molecule has 1 heterocycles. The highest BCUT2D eigenvalue weighted by Gasteiger charge is 2.43. The van der Waals surface area contributed by atoms with Crippen LogP contribution in [0.15, 0.2) is 48.5 Å². The number of amides is 1. The lowest BCUT2D eigenvalue weighted by Crippen LogP contribution is -2.50. The molecule has 1 N–H and O–H groups in total. The van der Waals surface area contributed by atoms with Crippen molar-refractivity contribution >= 4 is 5.91 Å².